The van der Waals surface area contributed by atoms with E-state index < -0.39 is 0 Å². The van der Waals surface area contributed by atoms with Crippen LogP contribution >= 0.6 is 11.6 Å². The van der Waals surface area contributed by atoms with Crippen LogP contribution in [0.4, 0.5) is 0 Å². The molecule has 0 aliphatic carbocycles. The summed E-state index contributed by atoms with van der Waals surface area (Å²) in [6, 6.07) is 17.1. The van der Waals surface area contributed by atoms with E-state index in [1.54, 1.807) is 6.07 Å². The molecule has 0 bridgehead atoms. The maximum absolute atomic E-state index is 12.7. The summed E-state index contributed by atoms with van der Waals surface area (Å²) in [4.78, 5) is 24.8. The van der Waals surface area contributed by atoms with Crippen LogP contribution in [0.5, 0.6) is 0 Å². The second kappa shape index (κ2) is 5.90. The van der Waals surface area contributed by atoms with Gasteiger partial charge in [0.25, 0.3) is 0 Å². The van der Waals surface area contributed by atoms with Crippen LogP contribution in [-0.4, -0.2) is 29.0 Å². The van der Waals surface area contributed by atoms with Gasteiger partial charge in [-0.15, -0.1) is 0 Å². The van der Waals surface area contributed by atoms with Crippen LogP contribution in [0.3, 0.4) is 0 Å². The molecule has 0 unspecified atom stereocenters. The zero-order valence-electron chi connectivity index (χ0n) is 11.7. The van der Waals surface area contributed by atoms with E-state index in [1.165, 1.54) is 0 Å². The van der Waals surface area contributed by atoms with Crippen LogP contribution in [0.15, 0.2) is 64.2 Å². The van der Waals surface area contributed by atoms with Crippen LogP contribution in [-0.2, 0) is 0 Å². The normalized spacial score (nSPS) is 11.2. The Bertz CT molecular complexity index is 1170. The van der Waals surface area contributed by atoms with Gasteiger partial charge in [-0.2, -0.15) is 0 Å². The molecule has 0 saturated carbocycles. The average molecular weight is 451 g/mol. The van der Waals surface area contributed by atoms with Crippen molar-refractivity contribution < 1.29 is 0 Å². The molecule has 2 heterocycles. The third-order valence-corrected chi connectivity index (χ3v) is 7.96. The summed E-state index contributed by atoms with van der Waals surface area (Å²) in [7, 11) is 0. The predicted octanol–water partition coefficient (Wildman–Crippen LogP) is 3.15. The van der Waals surface area contributed by atoms with E-state index in [4.69, 9.17) is 11.6 Å². The molecule has 0 aliphatic rings. The summed E-state index contributed by atoms with van der Waals surface area (Å²) in [6.07, 6.45) is 0. The number of hydrogen-bond donors (Lipinski definition) is 0. The first kappa shape index (κ1) is 15.1. The molecule has 23 heavy (non-hydrogen) atoms. The quantitative estimate of drug-likeness (QED) is 0.418. The van der Waals surface area contributed by atoms with Crippen LogP contribution in [0.25, 0.3) is 30.4 Å². The van der Waals surface area contributed by atoms with Gasteiger partial charge in [0, 0.05) is 0 Å². The number of hydrogen-bond acceptors (Lipinski definition) is 2. The molecule has 0 spiro atoms. The molecule has 0 amide bonds. The Kier molecular flexibility index (Phi) is 3.88. The molecule has 0 N–H and O–H groups in total. The fourth-order valence-corrected chi connectivity index (χ4v) is 6.98. The van der Waals surface area contributed by atoms with Crippen molar-refractivity contribution in [3.05, 3.63) is 77.8 Å². The van der Waals surface area contributed by atoms with Crippen molar-refractivity contribution in [3.8, 4) is 11.1 Å². The Hall–Kier alpha value is -1.41. The molecular weight excluding hydrogens is 442 g/mol. The monoisotopic (exact) mass is 452 g/mol. The van der Waals surface area contributed by atoms with E-state index >= 15 is 0 Å². The summed E-state index contributed by atoms with van der Waals surface area (Å²) in [6.45, 7) is 0. The van der Waals surface area contributed by atoms with Crippen LogP contribution in [0.2, 0.25) is 5.02 Å². The van der Waals surface area contributed by atoms with Crippen molar-refractivity contribution in [2.75, 3.05) is 0 Å². The van der Waals surface area contributed by atoms with Crippen molar-refractivity contribution in [2.45, 2.75) is 0 Å². The van der Waals surface area contributed by atoms with Gasteiger partial charge in [0.1, 0.15) is 0 Å². The van der Waals surface area contributed by atoms with Gasteiger partial charge in [0.2, 0.25) is 0 Å². The molecule has 4 rings (SSSR count). The van der Waals surface area contributed by atoms with E-state index in [1.807, 2.05) is 48.5 Å². The Balaban J connectivity index is 2.19. The first-order chi connectivity index (χ1) is 11.1. The topological polar surface area (TPSA) is 34.1 Å². The minimum absolute atomic E-state index is 0.0319. The summed E-state index contributed by atoms with van der Waals surface area (Å²) in [5, 5.41) is 2.33. The van der Waals surface area contributed by atoms with Gasteiger partial charge < -0.3 is 0 Å². The second-order valence-electron chi connectivity index (χ2n) is 5.05. The van der Waals surface area contributed by atoms with E-state index in [9.17, 15) is 9.59 Å². The molecule has 0 radical (unpaired) electrons. The molecule has 0 atom stereocenters. The molecule has 2 aromatic carbocycles. The number of halogens is 1. The molecule has 2 aromatic heterocycles. The zero-order valence-corrected chi connectivity index (χ0v) is 15.9. The minimum atomic E-state index is -0.314. The maximum atomic E-state index is 12.7. The number of rotatable bonds is 1. The molecule has 0 saturated heterocycles. The average Bonchev–Trinajstić information content (AvgIpc) is 2.54. The first-order valence-corrected chi connectivity index (χ1v) is 10.7. The Morgan fingerprint density at radius 2 is 1.39 bits per heavy atom. The SMILES string of the molecule is O=c1cc(-c2c(Cl)c3ccccc3[se]c2=O)c2ccccc2[se]1. The molecule has 0 aliphatic heterocycles. The van der Waals surface area contributed by atoms with E-state index in [2.05, 4.69) is 0 Å². The van der Waals surface area contributed by atoms with Gasteiger partial charge in [-0.1, -0.05) is 0 Å². The van der Waals surface area contributed by atoms with Gasteiger partial charge >= 0.3 is 149 Å². The summed E-state index contributed by atoms with van der Waals surface area (Å²) in [5.41, 5.74) is 1.19. The first-order valence-electron chi connectivity index (χ1n) is 6.90. The number of benzene rings is 2. The number of fused-ring (bicyclic) bond motifs is 2. The summed E-state index contributed by atoms with van der Waals surface area (Å²) in [5.74, 6) is 0. The van der Waals surface area contributed by atoms with Crippen molar-refractivity contribution in [1.29, 1.82) is 0 Å². The van der Waals surface area contributed by atoms with Gasteiger partial charge in [-0.3, -0.25) is 0 Å². The Morgan fingerprint density at radius 1 is 0.783 bits per heavy atom. The molecule has 5 heteroatoms. The molecule has 112 valence electrons. The van der Waals surface area contributed by atoms with Gasteiger partial charge in [0.15, 0.2) is 0 Å². The van der Waals surface area contributed by atoms with Crippen molar-refractivity contribution in [2.24, 2.45) is 0 Å². The molecule has 4 aromatic rings. The summed E-state index contributed by atoms with van der Waals surface area (Å²) < 4.78 is 2.12. The van der Waals surface area contributed by atoms with Crippen molar-refractivity contribution in [3.63, 3.8) is 0 Å². The Morgan fingerprint density at radius 3 is 2.13 bits per heavy atom. The third-order valence-electron chi connectivity index (χ3n) is 3.67. The van der Waals surface area contributed by atoms with Crippen molar-refractivity contribution >= 4 is 59.9 Å². The van der Waals surface area contributed by atoms with E-state index in [0.29, 0.717) is 16.1 Å². The van der Waals surface area contributed by atoms with Gasteiger partial charge in [0.05, 0.1) is 0 Å². The standard InChI is InChI=1S/C18H9ClO2Se2/c19-17-11-6-2-4-8-14(11)23-18(21)16(17)12-9-15(20)22-13-7-3-1-5-10(12)13/h1-9H. The zero-order chi connectivity index (χ0) is 16.0. The van der Waals surface area contributed by atoms with Gasteiger partial charge in [-0.25, -0.2) is 0 Å². The van der Waals surface area contributed by atoms with E-state index in [0.717, 1.165) is 19.3 Å². The predicted molar refractivity (Wildman–Crippen MR) is 98.3 cm³/mol. The van der Waals surface area contributed by atoms with Crippen LogP contribution in [0.1, 0.15) is 0 Å². The second-order valence-corrected chi connectivity index (χ2v) is 9.75. The molecule has 0 fully saturated rings. The van der Waals surface area contributed by atoms with E-state index in [-0.39, 0.29) is 37.6 Å². The molecular formula is C18H9ClO2Se2. The van der Waals surface area contributed by atoms with Crippen LogP contribution < -0.4 is 8.61 Å². The Labute approximate surface area is 148 Å². The fourth-order valence-electron chi connectivity index (χ4n) is 2.66. The van der Waals surface area contributed by atoms with Crippen molar-refractivity contribution in [1.82, 2.24) is 0 Å². The van der Waals surface area contributed by atoms with Gasteiger partial charge in [-0.05, 0) is 0 Å². The third kappa shape index (κ3) is 2.57. The molecule has 2 nitrogen and oxygen atoms in total. The summed E-state index contributed by atoms with van der Waals surface area (Å²) >= 11 is 6.04. The fraction of sp³-hybridized carbons (Fsp3) is 0. The van der Waals surface area contributed by atoms with Crippen LogP contribution in [0, 0.1) is 0 Å².